The Labute approximate surface area is 105 Å². The summed E-state index contributed by atoms with van der Waals surface area (Å²) in [5, 5.41) is 6.47. The van der Waals surface area contributed by atoms with Crippen molar-refractivity contribution < 1.29 is 4.74 Å². The van der Waals surface area contributed by atoms with E-state index in [1.165, 1.54) is 25.9 Å². The Hall–Kier alpha value is -0.810. The van der Waals surface area contributed by atoms with Crippen LogP contribution in [0.3, 0.4) is 0 Å². The van der Waals surface area contributed by atoms with Gasteiger partial charge in [-0.2, -0.15) is 0 Å². The van der Waals surface area contributed by atoms with Crippen LogP contribution in [0.1, 0.15) is 19.8 Å². The summed E-state index contributed by atoms with van der Waals surface area (Å²) in [6.45, 7) is 8.88. The van der Waals surface area contributed by atoms with Gasteiger partial charge in [0.1, 0.15) is 0 Å². The summed E-state index contributed by atoms with van der Waals surface area (Å²) in [4.78, 5) is 7.02. The Bertz CT molecular complexity index is 215. The fourth-order valence-electron chi connectivity index (χ4n) is 1.92. The van der Waals surface area contributed by atoms with Gasteiger partial charge in [0.05, 0.1) is 13.2 Å². The maximum Gasteiger partial charge on any atom is 0.191 e. The summed E-state index contributed by atoms with van der Waals surface area (Å²) in [5.41, 5.74) is 0. The van der Waals surface area contributed by atoms with E-state index in [1.807, 2.05) is 0 Å². The molecular formula is C12H26N4O. The number of methoxy groups -OCH3 is 1. The molecule has 1 saturated heterocycles. The number of nitrogens with zero attached hydrogens (tertiary/aromatic N) is 2. The van der Waals surface area contributed by atoms with E-state index in [4.69, 9.17) is 4.74 Å². The molecule has 1 aliphatic rings. The molecule has 0 unspecified atom stereocenters. The molecule has 1 aliphatic heterocycles. The van der Waals surface area contributed by atoms with Gasteiger partial charge in [-0.25, -0.2) is 0 Å². The number of likely N-dealkylation sites (tertiary alicyclic amines) is 1. The predicted octanol–water partition coefficient (Wildman–Crippen LogP) is 0.284. The largest absolute Gasteiger partial charge is 0.383 e. The zero-order valence-corrected chi connectivity index (χ0v) is 11.2. The second kappa shape index (κ2) is 9.24. The predicted molar refractivity (Wildman–Crippen MR) is 71.5 cm³/mol. The second-order valence-corrected chi connectivity index (χ2v) is 4.23. The van der Waals surface area contributed by atoms with E-state index in [0.717, 1.165) is 32.1 Å². The zero-order chi connectivity index (χ0) is 12.3. The van der Waals surface area contributed by atoms with Gasteiger partial charge >= 0.3 is 0 Å². The van der Waals surface area contributed by atoms with Crippen LogP contribution in [0.25, 0.3) is 0 Å². The first kappa shape index (κ1) is 14.3. The summed E-state index contributed by atoms with van der Waals surface area (Å²) in [5.74, 6) is 0.892. The van der Waals surface area contributed by atoms with Crippen molar-refractivity contribution in [1.29, 1.82) is 0 Å². The molecule has 0 bridgehead atoms. The molecule has 0 spiro atoms. The topological polar surface area (TPSA) is 48.9 Å². The molecule has 5 nitrogen and oxygen atoms in total. The Kier molecular flexibility index (Phi) is 7.75. The van der Waals surface area contributed by atoms with E-state index in [-0.39, 0.29) is 0 Å². The van der Waals surface area contributed by atoms with Crippen molar-refractivity contribution >= 4 is 5.96 Å². The van der Waals surface area contributed by atoms with Crippen LogP contribution in [0.2, 0.25) is 0 Å². The Balaban J connectivity index is 2.19. The van der Waals surface area contributed by atoms with Gasteiger partial charge in [0.25, 0.3) is 0 Å². The van der Waals surface area contributed by atoms with Crippen molar-refractivity contribution in [2.75, 3.05) is 53.0 Å². The highest BCUT2D eigenvalue weighted by molar-refractivity contribution is 5.79. The Morgan fingerprint density at radius 3 is 2.71 bits per heavy atom. The van der Waals surface area contributed by atoms with Gasteiger partial charge in [-0.05, 0) is 32.9 Å². The molecule has 1 heterocycles. The molecule has 2 N–H and O–H groups in total. The Morgan fingerprint density at radius 1 is 1.29 bits per heavy atom. The van der Waals surface area contributed by atoms with Crippen molar-refractivity contribution in [3.8, 4) is 0 Å². The summed E-state index contributed by atoms with van der Waals surface area (Å²) in [6, 6.07) is 0. The van der Waals surface area contributed by atoms with Gasteiger partial charge in [0.2, 0.25) is 0 Å². The monoisotopic (exact) mass is 242 g/mol. The zero-order valence-electron chi connectivity index (χ0n) is 11.2. The van der Waals surface area contributed by atoms with Crippen molar-refractivity contribution in [2.24, 2.45) is 4.99 Å². The van der Waals surface area contributed by atoms with Gasteiger partial charge in [-0.15, -0.1) is 0 Å². The van der Waals surface area contributed by atoms with Crippen LogP contribution in [0.5, 0.6) is 0 Å². The highest BCUT2D eigenvalue weighted by atomic mass is 16.5. The highest BCUT2D eigenvalue weighted by Gasteiger charge is 2.10. The molecule has 0 amide bonds. The number of guanidine groups is 1. The second-order valence-electron chi connectivity index (χ2n) is 4.23. The van der Waals surface area contributed by atoms with Crippen LogP contribution >= 0.6 is 0 Å². The van der Waals surface area contributed by atoms with Crippen LogP contribution < -0.4 is 10.6 Å². The van der Waals surface area contributed by atoms with Gasteiger partial charge < -0.3 is 20.3 Å². The van der Waals surface area contributed by atoms with Crippen LogP contribution in [0.15, 0.2) is 4.99 Å². The van der Waals surface area contributed by atoms with Crippen LogP contribution in [0, 0.1) is 0 Å². The molecule has 0 atom stereocenters. The maximum absolute atomic E-state index is 5.00. The molecule has 0 radical (unpaired) electrons. The van der Waals surface area contributed by atoms with Gasteiger partial charge in [-0.3, -0.25) is 4.99 Å². The number of nitrogens with one attached hydrogen (secondary N) is 2. The smallest absolute Gasteiger partial charge is 0.191 e. The fraction of sp³-hybridized carbons (Fsp3) is 0.917. The standard InChI is InChI=1S/C12H26N4O/c1-3-13-12(15-7-11-17-2)14-6-10-16-8-4-5-9-16/h3-11H2,1-2H3,(H2,13,14,15). The van der Waals surface area contributed by atoms with Crippen molar-refractivity contribution in [3.63, 3.8) is 0 Å². The highest BCUT2D eigenvalue weighted by Crippen LogP contribution is 2.05. The minimum atomic E-state index is 0.705. The molecule has 0 saturated carbocycles. The molecule has 17 heavy (non-hydrogen) atoms. The van der Waals surface area contributed by atoms with E-state index >= 15 is 0 Å². The fourth-order valence-corrected chi connectivity index (χ4v) is 1.92. The van der Waals surface area contributed by atoms with Crippen molar-refractivity contribution in [2.45, 2.75) is 19.8 Å². The van der Waals surface area contributed by atoms with Gasteiger partial charge in [-0.1, -0.05) is 0 Å². The maximum atomic E-state index is 5.00. The molecule has 100 valence electrons. The van der Waals surface area contributed by atoms with Gasteiger partial charge in [0.15, 0.2) is 5.96 Å². The van der Waals surface area contributed by atoms with Crippen molar-refractivity contribution in [1.82, 2.24) is 15.5 Å². The minimum absolute atomic E-state index is 0.705. The lowest BCUT2D eigenvalue weighted by molar-refractivity contribution is 0.203. The first-order valence-electron chi connectivity index (χ1n) is 6.60. The average Bonchev–Trinajstić information content (AvgIpc) is 2.82. The number of rotatable bonds is 7. The number of hydrogen-bond donors (Lipinski definition) is 2. The quantitative estimate of drug-likeness (QED) is 0.382. The molecule has 1 rings (SSSR count). The third-order valence-electron chi connectivity index (χ3n) is 2.83. The minimum Gasteiger partial charge on any atom is -0.383 e. The van der Waals surface area contributed by atoms with E-state index in [9.17, 15) is 0 Å². The summed E-state index contributed by atoms with van der Waals surface area (Å²) < 4.78 is 5.00. The molecule has 0 aromatic carbocycles. The molecule has 0 aromatic heterocycles. The van der Waals surface area contributed by atoms with Crippen molar-refractivity contribution in [3.05, 3.63) is 0 Å². The summed E-state index contributed by atoms with van der Waals surface area (Å²) in [6.07, 6.45) is 2.69. The SMILES string of the molecule is CCNC(=NCCN1CCCC1)NCCOC. The Morgan fingerprint density at radius 2 is 2.06 bits per heavy atom. The van der Waals surface area contributed by atoms with E-state index in [2.05, 4.69) is 27.4 Å². The lowest BCUT2D eigenvalue weighted by Gasteiger charge is -2.14. The lowest BCUT2D eigenvalue weighted by Crippen LogP contribution is -2.39. The van der Waals surface area contributed by atoms with E-state index in [0.29, 0.717) is 6.61 Å². The van der Waals surface area contributed by atoms with Gasteiger partial charge in [0, 0.05) is 26.7 Å². The molecular weight excluding hydrogens is 216 g/mol. The first-order valence-corrected chi connectivity index (χ1v) is 6.60. The summed E-state index contributed by atoms with van der Waals surface area (Å²) in [7, 11) is 1.71. The number of ether oxygens (including phenoxy) is 1. The van der Waals surface area contributed by atoms with Crippen LogP contribution in [-0.4, -0.2) is 63.8 Å². The average molecular weight is 242 g/mol. The van der Waals surface area contributed by atoms with E-state index < -0.39 is 0 Å². The first-order chi connectivity index (χ1) is 8.36. The third kappa shape index (κ3) is 6.48. The number of hydrogen-bond acceptors (Lipinski definition) is 3. The molecule has 0 aliphatic carbocycles. The molecule has 5 heteroatoms. The molecule has 1 fully saturated rings. The van der Waals surface area contributed by atoms with Crippen LogP contribution in [0.4, 0.5) is 0 Å². The normalized spacial score (nSPS) is 17.4. The van der Waals surface area contributed by atoms with E-state index in [1.54, 1.807) is 7.11 Å². The number of aliphatic imine (C=N–C) groups is 1. The lowest BCUT2D eigenvalue weighted by atomic mass is 10.4. The molecule has 0 aromatic rings. The summed E-state index contributed by atoms with van der Waals surface area (Å²) >= 11 is 0. The third-order valence-corrected chi connectivity index (χ3v) is 2.83. The van der Waals surface area contributed by atoms with Crippen LogP contribution in [-0.2, 0) is 4.74 Å².